The van der Waals surface area contributed by atoms with E-state index in [1.165, 1.54) is 17.5 Å². The summed E-state index contributed by atoms with van der Waals surface area (Å²) >= 11 is 3.35. The summed E-state index contributed by atoms with van der Waals surface area (Å²) in [4.78, 5) is 12.2. The Labute approximate surface area is 129 Å². The summed E-state index contributed by atoms with van der Waals surface area (Å²) in [6.07, 6.45) is 6.56. The number of anilines is 1. The Morgan fingerprint density at radius 3 is 2.90 bits per heavy atom. The molecule has 0 aliphatic heterocycles. The molecule has 1 aliphatic rings. The van der Waals surface area contributed by atoms with Gasteiger partial charge in [-0.15, -0.1) is 0 Å². The molecule has 1 aromatic rings. The zero-order valence-corrected chi connectivity index (χ0v) is 14.2. The van der Waals surface area contributed by atoms with Crippen LogP contribution < -0.4 is 10.9 Å². The molecule has 1 N–H and O–H groups in total. The van der Waals surface area contributed by atoms with Crippen LogP contribution in [0.3, 0.4) is 0 Å². The molecule has 7 heteroatoms. The molecule has 0 radical (unpaired) electrons. The summed E-state index contributed by atoms with van der Waals surface area (Å²) in [6, 6.07) is 0.149. The first-order valence-corrected chi connectivity index (χ1v) is 9.31. The second kappa shape index (κ2) is 6.85. The molecule has 2 unspecified atom stereocenters. The van der Waals surface area contributed by atoms with Crippen molar-refractivity contribution in [1.82, 2.24) is 9.78 Å². The van der Waals surface area contributed by atoms with Gasteiger partial charge in [0.15, 0.2) is 0 Å². The van der Waals surface area contributed by atoms with Crippen LogP contribution in [0.15, 0.2) is 15.5 Å². The van der Waals surface area contributed by atoms with Gasteiger partial charge in [-0.25, -0.2) is 4.68 Å². The van der Waals surface area contributed by atoms with Crippen LogP contribution in [-0.2, 0) is 17.3 Å². The number of hydrogen-bond donors (Lipinski definition) is 1. The Morgan fingerprint density at radius 2 is 2.30 bits per heavy atom. The highest BCUT2D eigenvalue weighted by molar-refractivity contribution is 9.10. The van der Waals surface area contributed by atoms with Gasteiger partial charge < -0.3 is 5.32 Å². The maximum Gasteiger partial charge on any atom is 0.283 e. The van der Waals surface area contributed by atoms with Crippen molar-refractivity contribution in [2.45, 2.75) is 38.8 Å². The SMILES string of the molecule is CC(CCS(C)=O)Nc1cnn(CC2CC2)c(=O)c1Br. The van der Waals surface area contributed by atoms with E-state index in [2.05, 4.69) is 26.3 Å². The largest absolute Gasteiger partial charge is 0.380 e. The molecule has 1 fully saturated rings. The van der Waals surface area contributed by atoms with Crippen molar-refractivity contribution in [1.29, 1.82) is 0 Å². The number of nitrogens with one attached hydrogen (secondary N) is 1. The highest BCUT2D eigenvalue weighted by Gasteiger charge is 2.23. The third-order valence-corrected chi connectivity index (χ3v) is 4.93. The van der Waals surface area contributed by atoms with Gasteiger partial charge in [0, 0.05) is 35.4 Å². The Kier molecular flexibility index (Phi) is 5.37. The molecular weight excluding hydrogens is 342 g/mol. The minimum Gasteiger partial charge on any atom is -0.380 e. The molecule has 1 saturated carbocycles. The highest BCUT2D eigenvalue weighted by Crippen LogP contribution is 2.30. The second-order valence-corrected chi connectivity index (χ2v) is 7.76. The Balaban J connectivity index is 2.02. The fraction of sp³-hybridized carbons (Fsp3) is 0.692. The van der Waals surface area contributed by atoms with Crippen molar-refractivity contribution in [3.05, 3.63) is 21.0 Å². The smallest absolute Gasteiger partial charge is 0.283 e. The predicted octanol–water partition coefficient (Wildman–Crippen LogP) is 1.98. The Bertz CT molecular complexity index is 557. The van der Waals surface area contributed by atoms with E-state index in [1.807, 2.05) is 6.92 Å². The molecule has 1 heterocycles. The topological polar surface area (TPSA) is 64.0 Å². The first-order chi connectivity index (χ1) is 9.47. The molecular formula is C13H20BrN3O2S. The van der Waals surface area contributed by atoms with Crippen molar-refractivity contribution in [3.8, 4) is 0 Å². The van der Waals surface area contributed by atoms with E-state index in [1.54, 1.807) is 12.5 Å². The lowest BCUT2D eigenvalue weighted by Crippen LogP contribution is -2.27. The van der Waals surface area contributed by atoms with Crippen LogP contribution in [0.4, 0.5) is 5.69 Å². The molecule has 1 aliphatic carbocycles. The number of halogens is 1. The van der Waals surface area contributed by atoms with Crippen molar-refractivity contribution in [2.75, 3.05) is 17.3 Å². The van der Waals surface area contributed by atoms with Gasteiger partial charge in [-0.3, -0.25) is 9.00 Å². The highest BCUT2D eigenvalue weighted by atomic mass is 79.9. The van der Waals surface area contributed by atoms with Crippen LogP contribution in [0.1, 0.15) is 26.2 Å². The van der Waals surface area contributed by atoms with Gasteiger partial charge in [0.1, 0.15) is 4.47 Å². The van der Waals surface area contributed by atoms with E-state index < -0.39 is 10.8 Å². The number of aromatic nitrogens is 2. The maximum absolute atomic E-state index is 12.2. The molecule has 0 bridgehead atoms. The monoisotopic (exact) mass is 361 g/mol. The fourth-order valence-corrected chi connectivity index (χ4v) is 3.03. The summed E-state index contributed by atoms with van der Waals surface area (Å²) in [6.45, 7) is 2.72. The molecule has 20 heavy (non-hydrogen) atoms. The second-order valence-electron chi connectivity index (χ2n) is 5.41. The molecule has 0 saturated heterocycles. The van der Waals surface area contributed by atoms with E-state index in [9.17, 15) is 9.00 Å². The molecule has 1 aromatic heterocycles. The van der Waals surface area contributed by atoms with Crippen molar-refractivity contribution < 1.29 is 4.21 Å². The van der Waals surface area contributed by atoms with Crippen LogP contribution >= 0.6 is 15.9 Å². The van der Waals surface area contributed by atoms with E-state index in [4.69, 9.17) is 0 Å². The summed E-state index contributed by atoms with van der Waals surface area (Å²) in [5.41, 5.74) is 0.615. The van der Waals surface area contributed by atoms with Crippen molar-refractivity contribution in [2.24, 2.45) is 5.92 Å². The first kappa shape index (κ1) is 15.7. The Hall–Kier alpha value is -0.690. The lowest BCUT2D eigenvalue weighted by atomic mass is 10.2. The molecule has 0 amide bonds. The zero-order chi connectivity index (χ0) is 14.7. The van der Waals surface area contributed by atoms with E-state index >= 15 is 0 Å². The zero-order valence-electron chi connectivity index (χ0n) is 11.8. The van der Waals surface area contributed by atoms with Crippen LogP contribution in [0, 0.1) is 5.92 Å². The van der Waals surface area contributed by atoms with Gasteiger partial charge in [-0.2, -0.15) is 5.10 Å². The first-order valence-electron chi connectivity index (χ1n) is 6.79. The number of rotatable bonds is 7. The number of hydrogen-bond acceptors (Lipinski definition) is 4. The van der Waals surface area contributed by atoms with Gasteiger partial charge in [-0.1, -0.05) is 0 Å². The van der Waals surface area contributed by atoms with Crippen molar-refractivity contribution >= 4 is 32.4 Å². The number of nitrogens with zero attached hydrogens (tertiary/aromatic N) is 2. The molecule has 112 valence electrons. The van der Waals surface area contributed by atoms with E-state index in [0.29, 0.717) is 28.4 Å². The Morgan fingerprint density at radius 1 is 1.60 bits per heavy atom. The summed E-state index contributed by atoms with van der Waals surface area (Å²) < 4.78 is 13.1. The lowest BCUT2D eigenvalue weighted by molar-refractivity contribution is 0.531. The minimum atomic E-state index is -0.791. The molecule has 0 aromatic carbocycles. The maximum atomic E-state index is 12.2. The average Bonchev–Trinajstić information content (AvgIpc) is 3.20. The summed E-state index contributed by atoms with van der Waals surface area (Å²) in [7, 11) is -0.791. The van der Waals surface area contributed by atoms with E-state index in [0.717, 1.165) is 6.42 Å². The summed E-state index contributed by atoms with van der Waals surface area (Å²) in [5, 5.41) is 7.46. The average molecular weight is 362 g/mol. The van der Waals surface area contributed by atoms with Crippen LogP contribution in [0.5, 0.6) is 0 Å². The normalized spacial score (nSPS) is 17.8. The van der Waals surface area contributed by atoms with Crippen LogP contribution in [-0.4, -0.2) is 32.0 Å². The van der Waals surface area contributed by atoms with Crippen molar-refractivity contribution in [3.63, 3.8) is 0 Å². The molecule has 2 rings (SSSR count). The van der Waals surface area contributed by atoms with Gasteiger partial charge in [0.25, 0.3) is 5.56 Å². The van der Waals surface area contributed by atoms with E-state index in [-0.39, 0.29) is 11.6 Å². The van der Waals surface area contributed by atoms with Gasteiger partial charge in [0.2, 0.25) is 0 Å². The third kappa shape index (κ3) is 4.41. The van der Waals surface area contributed by atoms with Crippen LogP contribution in [0.25, 0.3) is 0 Å². The minimum absolute atomic E-state index is 0.0897. The quantitative estimate of drug-likeness (QED) is 0.806. The third-order valence-electron chi connectivity index (χ3n) is 3.35. The fourth-order valence-electron chi connectivity index (χ4n) is 1.92. The van der Waals surface area contributed by atoms with Gasteiger partial charge in [-0.05, 0) is 48.0 Å². The standard InChI is InChI=1S/C13H20BrN3O2S/c1-9(5-6-20(2)19)16-11-7-15-17(8-10-3-4-10)13(18)12(11)14/h7,9-10,16H,3-6,8H2,1-2H3. The lowest BCUT2D eigenvalue weighted by Gasteiger charge is -2.16. The van der Waals surface area contributed by atoms with Gasteiger partial charge >= 0.3 is 0 Å². The van der Waals surface area contributed by atoms with Gasteiger partial charge in [0.05, 0.1) is 11.9 Å². The molecule has 2 atom stereocenters. The molecule has 5 nitrogen and oxygen atoms in total. The molecule has 0 spiro atoms. The van der Waals surface area contributed by atoms with Crippen LogP contribution in [0.2, 0.25) is 0 Å². The predicted molar refractivity (Wildman–Crippen MR) is 85.6 cm³/mol. The summed E-state index contributed by atoms with van der Waals surface area (Å²) in [5.74, 6) is 1.27.